The second kappa shape index (κ2) is 6.70. The molecule has 1 aromatic rings. The molecule has 0 aliphatic heterocycles. The number of nitrogens with one attached hydrogen (secondary N) is 1. The van der Waals surface area contributed by atoms with Gasteiger partial charge in [-0.15, -0.1) is 0 Å². The molecule has 1 heterocycles. The van der Waals surface area contributed by atoms with Crippen LogP contribution in [-0.2, 0) is 0 Å². The van der Waals surface area contributed by atoms with E-state index in [0.29, 0.717) is 12.5 Å². The molecule has 0 radical (unpaired) electrons. The standard InChI is InChI=1S/C11H19N7O/c1-7(2)19-11-15-9(17-13)14-10(16-11)18(4)6-8(3)5-12/h7-8H,6,13H2,1-4H3,(H,14,15,16,17). The Morgan fingerprint density at radius 2 is 2.05 bits per heavy atom. The van der Waals surface area contributed by atoms with Gasteiger partial charge in [-0.05, 0) is 20.8 Å². The van der Waals surface area contributed by atoms with Crippen LogP contribution in [0.5, 0.6) is 6.01 Å². The quantitative estimate of drug-likeness (QED) is 0.566. The summed E-state index contributed by atoms with van der Waals surface area (Å²) in [6.07, 6.45) is -0.0517. The molecule has 19 heavy (non-hydrogen) atoms. The maximum absolute atomic E-state index is 8.82. The van der Waals surface area contributed by atoms with Crippen LogP contribution in [-0.4, -0.2) is 34.6 Å². The van der Waals surface area contributed by atoms with E-state index in [1.165, 1.54) is 0 Å². The maximum atomic E-state index is 8.82. The van der Waals surface area contributed by atoms with Gasteiger partial charge in [0.05, 0.1) is 18.1 Å². The molecule has 0 fully saturated rings. The predicted molar refractivity (Wildman–Crippen MR) is 71.4 cm³/mol. The first-order chi connectivity index (χ1) is 8.96. The Kier molecular flexibility index (Phi) is 5.26. The lowest BCUT2D eigenvalue weighted by Gasteiger charge is -2.19. The van der Waals surface area contributed by atoms with Crippen molar-refractivity contribution in [2.24, 2.45) is 11.8 Å². The van der Waals surface area contributed by atoms with Gasteiger partial charge in [0.15, 0.2) is 0 Å². The predicted octanol–water partition coefficient (Wildman–Crippen LogP) is 0.540. The molecule has 0 amide bonds. The summed E-state index contributed by atoms with van der Waals surface area (Å²) >= 11 is 0. The number of anilines is 2. The minimum atomic E-state index is -0.134. The fourth-order valence-corrected chi connectivity index (χ4v) is 1.38. The van der Waals surface area contributed by atoms with Crippen LogP contribution in [0.1, 0.15) is 20.8 Å². The highest BCUT2D eigenvalue weighted by atomic mass is 16.5. The Labute approximate surface area is 112 Å². The smallest absolute Gasteiger partial charge is 0.323 e. The molecule has 104 valence electrons. The summed E-state index contributed by atoms with van der Waals surface area (Å²) in [6.45, 7) is 6.08. The lowest BCUT2D eigenvalue weighted by Crippen LogP contribution is -2.26. The third-order valence-corrected chi connectivity index (χ3v) is 2.18. The van der Waals surface area contributed by atoms with E-state index < -0.39 is 0 Å². The van der Waals surface area contributed by atoms with E-state index in [1.807, 2.05) is 20.8 Å². The van der Waals surface area contributed by atoms with Gasteiger partial charge in [-0.3, -0.25) is 5.43 Å². The Morgan fingerprint density at radius 3 is 2.58 bits per heavy atom. The molecular formula is C11H19N7O. The minimum Gasteiger partial charge on any atom is -0.461 e. The van der Waals surface area contributed by atoms with Gasteiger partial charge < -0.3 is 9.64 Å². The number of hydrazine groups is 1. The molecule has 8 heteroatoms. The second-order valence-electron chi connectivity index (χ2n) is 4.46. The number of nitriles is 1. The van der Waals surface area contributed by atoms with E-state index in [1.54, 1.807) is 11.9 Å². The van der Waals surface area contributed by atoms with Crippen molar-refractivity contribution in [2.75, 3.05) is 23.9 Å². The number of nitrogen functional groups attached to an aromatic ring is 1. The molecule has 1 atom stereocenters. The first kappa shape index (κ1) is 14.9. The van der Waals surface area contributed by atoms with Gasteiger partial charge in [0.25, 0.3) is 0 Å². The van der Waals surface area contributed by atoms with Crippen LogP contribution in [0.3, 0.4) is 0 Å². The third-order valence-electron chi connectivity index (χ3n) is 2.18. The molecule has 1 rings (SSSR count). The lowest BCUT2D eigenvalue weighted by molar-refractivity contribution is 0.222. The minimum absolute atomic E-state index is 0.0517. The fraction of sp³-hybridized carbons (Fsp3) is 0.636. The third kappa shape index (κ3) is 4.56. The highest BCUT2D eigenvalue weighted by molar-refractivity contribution is 5.37. The van der Waals surface area contributed by atoms with Gasteiger partial charge in [0.1, 0.15) is 0 Å². The summed E-state index contributed by atoms with van der Waals surface area (Å²) < 4.78 is 5.43. The van der Waals surface area contributed by atoms with Crippen molar-refractivity contribution >= 4 is 11.9 Å². The SMILES string of the molecule is CC(C#N)CN(C)c1nc(NN)nc(OC(C)C)n1. The number of hydrogen-bond donors (Lipinski definition) is 2. The Hall–Kier alpha value is -2.14. The van der Waals surface area contributed by atoms with E-state index in [2.05, 4.69) is 26.4 Å². The topological polar surface area (TPSA) is 113 Å². The monoisotopic (exact) mass is 265 g/mol. The van der Waals surface area contributed by atoms with Gasteiger partial charge in [0.2, 0.25) is 11.9 Å². The summed E-state index contributed by atoms with van der Waals surface area (Å²) in [5.41, 5.74) is 2.37. The molecule has 8 nitrogen and oxygen atoms in total. The second-order valence-corrected chi connectivity index (χ2v) is 4.46. The summed E-state index contributed by atoms with van der Waals surface area (Å²) in [7, 11) is 1.79. The molecular weight excluding hydrogens is 246 g/mol. The van der Waals surface area contributed by atoms with E-state index >= 15 is 0 Å². The van der Waals surface area contributed by atoms with Crippen molar-refractivity contribution in [3.8, 4) is 12.1 Å². The zero-order valence-electron chi connectivity index (χ0n) is 11.6. The fourth-order valence-electron chi connectivity index (χ4n) is 1.38. The number of nitrogens with zero attached hydrogens (tertiary/aromatic N) is 5. The normalized spacial score (nSPS) is 11.8. The van der Waals surface area contributed by atoms with Crippen LogP contribution in [0, 0.1) is 17.2 Å². The highest BCUT2D eigenvalue weighted by Gasteiger charge is 2.13. The molecule has 0 aliphatic rings. The van der Waals surface area contributed by atoms with Crippen molar-refractivity contribution in [3.63, 3.8) is 0 Å². The Morgan fingerprint density at radius 1 is 1.37 bits per heavy atom. The average Bonchev–Trinajstić information content (AvgIpc) is 2.37. The molecule has 0 bridgehead atoms. The van der Waals surface area contributed by atoms with Crippen LogP contribution in [0.2, 0.25) is 0 Å². The average molecular weight is 265 g/mol. The number of rotatable bonds is 6. The van der Waals surface area contributed by atoms with Crippen LogP contribution in [0.25, 0.3) is 0 Å². The molecule has 1 aromatic heterocycles. The Bertz CT molecular complexity index is 457. The summed E-state index contributed by atoms with van der Waals surface area (Å²) in [5.74, 6) is 5.81. The van der Waals surface area contributed by atoms with Crippen molar-refractivity contribution in [3.05, 3.63) is 0 Å². The van der Waals surface area contributed by atoms with Crippen molar-refractivity contribution < 1.29 is 4.74 Å². The van der Waals surface area contributed by atoms with E-state index in [9.17, 15) is 0 Å². The van der Waals surface area contributed by atoms with Gasteiger partial charge in [-0.1, -0.05) is 0 Å². The summed E-state index contributed by atoms with van der Waals surface area (Å²) in [4.78, 5) is 14.1. The van der Waals surface area contributed by atoms with Gasteiger partial charge in [-0.25, -0.2) is 5.84 Å². The van der Waals surface area contributed by atoms with Crippen molar-refractivity contribution in [1.29, 1.82) is 5.26 Å². The molecule has 1 unspecified atom stereocenters. The number of ether oxygens (including phenoxy) is 1. The maximum Gasteiger partial charge on any atom is 0.323 e. The van der Waals surface area contributed by atoms with E-state index in [0.717, 1.165) is 0 Å². The number of hydrogen-bond acceptors (Lipinski definition) is 8. The molecule has 0 saturated heterocycles. The van der Waals surface area contributed by atoms with Crippen LogP contribution in [0.4, 0.5) is 11.9 Å². The zero-order valence-corrected chi connectivity index (χ0v) is 11.6. The van der Waals surface area contributed by atoms with Gasteiger partial charge in [0, 0.05) is 13.6 Å². The number of aromatic nitrogens is 3. The van der Waals surface area contributed by atoms with Gasteiger partial charge in [-0.2, -0.15) is 20.2 Å². The highest BCUT2D eigenvalue weighted by Crippen LogP contribution is 2.15. The van der Waals surface area contributed by atoms with Crippen molar-refractivity contribution in [1.82, 2.24) is 15.0 Å². The molecule has 0 aliphatic carbocycles. The van der Waals surface area contributed by atoms with Crippen molar-refractivity contribution in [2.45, 2.75) is 26.9 Å². The largest absolute Gasteiger partial charge is 0.461 e. The van der Waals surface area contributed by atoms with E-state index in [4.69, 9.17) is 15.8 Å². The summed E-state index contributed by atoms with van der Waals surface area (Å²) in [5, 5.41) is 8.82. The van der Waals surface area contributed by atoms with Crippen LogP contribution < -0.4 is 20.9 Å². The first-order valence-electron chi connectivity index (χ1n) is 5.96. The zero-order chi connectivity index (χ0) is 14.4. The summed E-state index contributed by atoms with van der Waals surface area (Å²) in [6, 6.07) is 2.36. The lowest BCUT2D eigenvalue weighted by atomic mass is 10.2. The molecule has 3 N–H and O–H groups in total. The molecule has 0 spiro atoms. The molecule has 0 saturated carbocycles. The first-order valence-corrected chi connectivity index (χ1v) is 5.96. The Balaban J connectivity index is 2.96. The number of nitrogens with two attached hydrogens (primary N) is 1. The molecule has 0 aromatic carbocycles. The van der Waals surface area contributed by atoms with Gasteiger partial charge >= 0.3 is 6.01 Å². The van der Waals surface area contributed by atoms with Crippen LogP contribution >= 0.6 is 0 Å². The van der Waals surface area contributed by atoms with E-state index in [-0.39, 0.29) is 24.0 Å². The van der Waals surface area contributed by atoms with Crippen LogP contribution in [0.15, 0.2) is 0 Å².